The first-order valence-electron chi connectivity index (χ1n) is 18.7. The van der Waals surface area contributed by atoms with Crippen molar-refractivity contribution < 1.29 is 33.0 Å². The van der Waals surface area contributed by atoms with E-state index in [0.29, 0.717) is 25.2 Å². The number of nitrogens with zero attached hydrogens (tertiary/aromatic N) is 1. The van der Waals surface area contributed by atoms with E-state index in [9.17, 15) is 14.4 Å². The lowest BCUT2D eigenvalue weighted by molar-refractivity contribution is -0.176. The van der Waals surface area contributed by atoms with E-state index in [4.69, 9.17) is 18.6 Å². The molecule has 6 rings (SSSR count). The van der Waals surface area contributed by atoms with Gasteiger partial charge in [-0.3, -0.25) is 14.9 Å². The van der Waals surface area contributed by atoms with E-state index in [-0.39, 0.29) is 24.2 Å². The number of methoxy groups -OCH3 is 1. The minimum Gasteiger partial charge on any atom is -0.497 e. The maximum atomic E-state index is 14.9. The number of carbonyl (C=O) groups is 3. The van der Waals surface area contributed by atoms with Gasteiger partial charge < -0.3 is 23.5 Å². The Balaban J connectivity index is 1.42. The zero-order valence-electron chi connectivity index (χ0n) is 32.1. The van der Waals surface area contributed by atoms with Crippen LogP contribution >= 0.6 is 0 Å². The average Bonchev–Trinajstić information content (AvgIpc) is 3.74. The molecule has 2 heterocycles. The molecule has 2 saturated heterocycles. The number of hydrogen-bond donors (Lipinski definition) is 1. The number of β-lactam (4-membered cyclic amide) rings is 1. The monoisotopic (exact) mass is 748 g/mol. The topological polar surface area (TPSA) is 103 Å². The fourth-order valence-electron chi connectivity index (χ4n) is 7.08. The minimum absolute atomic E-state index is 0.0773. The molecule has 0 bridgehead atoms. The fraction of sp³-hybridized carbons (Fsp3) is 0.386. The first kappa shape index (κ1) is 39.1. The zero-order chi connectivity index (χ0) is 38.5. The van der Waals surface area contributed by atoms with Crippen LogP contribution in [0.25, 0.3) is 0 Å². The van der Waals surface area contributed by atoms with Crippen LogP contribution in [0.3, 0.4) is 0 Å². The Bertz CT molecular complexity index is 1780. The highest BCUT2D eigenvalue weighted by atomic mass is 28.4. The molecule has 4 aromatic carbocycles. The summed E-state index contributed by atoms with van der Waals surface area (Å²) in [7, 11) is -0.785. The van der Waals surface area contributed by atoms with Gasteiger partial charge in [-0.2, -0.15) is 0 Å². The van der Waals surface area contributed by atoms with Crippen molar-refractivity contribution in [2.75, 3.05) is 20.3 Å². The van der Waals surface area contributed by atoms with Crippen LogP contribution in [0.1, 0.15) is 55.9 Å². The van der Waals surface area contributed by atoms with Crippen molar-refractivity contribution in [1.29, 1.82) is 0 Å². The largest absolute Gasteiger partial charge is 0.497 e. The lowest BCUT2D eigenvalue weighted by atomic mass is 9.75. The van der Waals surface area contributed by atoms with Gasteiger partial charge in [0.1, 0.15) is 24.5 Å². The Kier molecular flexibility index (Phi) is 11.9. The molecule has 0 radical (unpaired) electrons. The second-order valence-electron chi connectivity index (χ2n) is 15.6. The molecule has 1 amide bonds. The van der Waals surface area contributed by atoms with Crippen LogP contribution in [0.5, 0.6) is 5.75 Å². The van der Waals surface area contributed by atoms with Crippen LogP contribution in [0.4, 0.5) is 0 Å². The Morgan fingerprint density at radius 3 is 1.85 bits per heavy atom. The summed E-state index contributed by atoms with van der Waals surface area (Å²) in [6.45, 7) is 11.2. The summed E-state index contributed by atoms with van der Waals surface area (Å²) < 4.78 is 23.7. The van der Waals surface area contributed by atoms with Gasteiger partial charge in [0.05, 0.1) is 25.3 Å². The maximum Gasteiger partial charge on any atom is 0.337 e. The van der Waals surface area contributed by atoms with Crippen molar-refractivity contribution >= 4 is 26.0 Å². The number of hydrogen-bond acceptors (Lipinski definition) is 8. The van der Waals surface area contributed by atoms with Crippen LogP contribution < -0.4 is 10.1 Å². The smallest absolute Gasteiger partial charge is 0.337 e. The summed E-state index contributed by atoms with van der Waals surface area (Å²) in [6.07, 6.45) is 0.338. The molecule has 0 aromatic heterocycles. The number of esters is 1. The number of ether oxygens (including phenoxy) is 3. The lowest BCUT2D eigenvalue weighted by Gasteiger charge is -2.54. The number of ketones is 1. The van der Waals surface area contributed by atoms with Crippen molar-refractivity contribution in [3.05, 3.63) is 138 Å². The third-order valence-corrected chi connectivity index (χ3v) is 15.7. The summed E-state index contributed by atoms with van der Waals surface area (Å²) in [5, 5.41) is 3.70. The summed E-state index contributed by atoms with van der Waals surface area (Å²) in [5.41, 5.74) is 2.54. The second kappa shape index (κ2) is 16.4. The third kappa shape index (κ3) is 7.93. The molecule has 10 heteroatoms. The fourth-order valence-corrected chi connectivity index (χ4v) is 8.10. The van der Waals surface area contributed by atoms with E-state index in [2.05, 4.69) is 75.6 Å². The Morgan fingerprint density at radius 2 is 1.39 bits per heavy atom. The first-order chi connectivity index (χ1) is 25.9. The highest BCUT2D eigenvalue weighted by Gasteiger charge is 2.58. The summed E-state index contributed by atoms with van der Waals surface area (Å²) >= 11 is 0. The lowest BCUT2D eigenvalue weighted by Crippen LogP contribution is -2.78. The first-order valence-corrected chi connectivity index (χ1v) is 21.6. The van der Waals surface area contributed by atoms with E-state index in [1.165, 1.54) is 4.90 Å². The van der Waals surface area contributed by atoms with Crippen LogP contribution in [0.15, 0.2) is 115 Å². The van der Waals surface area contributed by atoms with Gasteiger partial charge in [-0.15, -0.1) is 0 Å². The van der Waals surface area contributed by atoms with Crippen molar-refractivity contribution in [3.63, 3.8) is 0 Å². The van der Waals surface area contributed by atoms with E-state index in [1.807, 2.05) is 54.6 Å². The summed E-state index contributed by atoms with van der Waals surface area (Å²) in [6, 6.07) is 34.2. The predicted octanol–water partition coefficient (Wildman–Crippen LogP) is 7.04. The molecule has 2 unspecified atom stereocenters. The van der Waals surface area contributed by atoms with Crippen LogP contribution in [-0.2, 0) is 40.4 Å². The number of amides is 1. The van der Waals surface area contributed by atoms with E-state index >= 15 is 0 Å². The van der Waals surface area contributed by atoms with Gasteiger partial charge in [0.25, 0.3) is 0 Å². The van der Waals surface area contributed by atoms with Gasteiger partial charge in [0, 0.05) is 6.61 Å². The van der Waals surface area contributed by atoms with Gasteiger partial charge in [-0.1, -0.05) is 124 Å². The maximum absolute atomic E-state index is 14.9. The minimum atomic E-state index is -2.37. The van der Waals surface area contributed by atoms with Crippen molar-refractivity contribution in [2.45, 2.75) is 88.1 Å². The molecular weight excluding hydrogens is 697 g/mol. The highest BCUT2D eigenvalue weighted by Crippen LogP contribution is 2.41. The number of carbonyl (C=O) groups excluding carboxylic acids is 3. The quantitative estimate of drug-likeness (QED) is 0.0455. The van der Waals surface area contributed by atoms with Crippen LogP contribution in [0.2, 0.25) is 18.1 Å². The number of Topliss-reactive ketones (excluding diaryl/α,β-unsaturated/α-hetero) is 1. The molecule has 2 aliphatic heterocycles. The Hall–Kier alpha value is -4.61. The average molecular weight is 749 g/mol. The number of benzene rings is 4. The van der Waals surface area contributed by atoms with Crippen molar-refractivity contribution in [2.24, 2.45) is 0 Å². The number of rotatable bonds is 15. The zero-order valence-corrected chi connectivity index (χ0v) is 33.1. The van der Waals surface area contributed by atoms with Gasteiger partial charge in [0.15, 0.2) is 20.1 Å². The van der Waals surface area contributed by atoms with Crippen molar-refractivity contribution in [1.82, 2.24) is 10.2 Å². The molecule has 2 fully saturated rings. The molecule has 4 atom stereocenters. The predicted molar refractivity (Wildman–Crippen MR) is 210 cm³/mol. The molecule has 284 valence electrons. The molecule has 0 saturated carbocycles. The molecule has 4 aromatic rings. The standard InChI is InChI=1S/C44H52N2O7Si/c1-43(2,3)54(5,6)53-30-36-38(45-44(32-17-10-7-11-18-32,33-19-12-8-13-20-33)34-21-14-9-15-22-34)41(48)46(36)39(40(47)37-23-16-28-51-37)42(49)52-29-31-24-26-35(50-4)27-25-31/h7-15,17-22,24-27,36-39,45H,16,23,28-30H2,1-6H3/t36-,37?,38+,39?/m1/s1. The van der Waals surface area contributed by atoms with Gasteiger partial charge in [-0.25, -0.2) is 4.79 Å². The van der Waals surface area contributed by atoms with E-state index < -0.39 is 49.8 Å². The molecule has 2 aliphatic rings. The Morgan fingerprint density at radius 1 is 0.852 bits per heavy atom. The van der Waals surface area contributed by atoms with E-state index in [1.54, 1.807) is 31.4 Å². The van der Waals surface area contributed by atoms with Gasteiger partial charge in [-0.05, 0) is 65.4 Å². The van der Waals surface area contributed by atoms with E-state index in [0.717, 1.165) is 22.3 Å². The van der Waals surface area contributed by atoms with Gasteiger partial charge in [0.2, 0.25) is 5.91 Å². The number of likely N-dealkylation sites (tertiary alicyclic amines) is 1. The molecule has 54 heavy (non-hydrogen) atoms. The van der Waals surface area contributed by atoms with Crippen molar-refractivity contribution in [3.8, 4) is 5.75 Å². The molecule has 0 aliphatic carbocycles. The van der Waals surface area contributed by atoms with Crippen LogP contribution in [-0.4, -0.2) is 75.4 Å². The molecule has 9 nitrogen and oxygen atoms in total. The molecule has 0 spiro atoms. The number of nitrogens with one attached hydrogen (secondary N) is 1. The Labute approximate surface area is 320 Å². The normalized spacial score (nSPS) is 19.6. The summed E-state index contributed by atoms with van der Waals surface area (Å²) in [5.74, 6) is -0.986. The SMILES string of the molecule is COc1ccc(COC(=O)C(C(=O)C2CCCO2)N2C(=O)[C@@H](NC(c3ccccc3)(c3ccccc3)c3ccccc3)[C@H]2CO[Si](C)(C)C(C)(C)C)cc1. The van der Waals surface area contributed by atoms with Crippen LogP contribution in [0, 0.1) is 0 Å². The highest BCUT2D eigenvalue weighted by molar-refractivity contribution is 6.74. The third-order valence-electron chi connectivity index (χ3n) is 11.2. The summed E-state index contributed by atoms with van der Waals surface area (Å²) in [4.78, 5) is 44.8. The second-order valence-corrected chi connectivity index (χ2v) is 20.4. The van der Waals surface area contributed by atoms with Gasteiger partial charge >= 0.3 is 5.97 Å². The molecular formula is C44H52N2O7Si. The molecule has 1 N–H and O–H groups in total.